The van der Waals surface area contributed by atoms with E-state index in [2.05, 4.69) is 10.3 Å². The van der Waals surface area contributed by atoms with Gasteiger partial charge in [-0.3, -0.25) is 14.5 Å². The molecule has 1 atom stereocenters. The van der Waals surface area contributed by atoms with Crippen molar-refractivity contribution >= 4 is 23.8 Å². The molecule has 1 heterocycles. The summed E-state index contributed by atoms with van der Waals surface area (Å²) in [5.74, 6) is -1.27. The average molecular weight is 460 g/mol. The van der Waals surface area contributed by atoms with Gasteiger partial charge in [0.25, 0.3) is 5.91 Å². The van der Waals surface area contributed by atoms with Crippen molar-refractivity contribution in [1.82, 2.24) is 10.3 Å². The second kappa shape index (κ2) is 10.2. The minimum absolute atomic E-state index is 0.0739. The van der Waals surface area contributed by atoms with Crippen LogP contribution in [0.4, 0.5) is 10.6 Å². The van der Waals surface area contributed by atoms with Crippen LogP contribution in [0.3, 0.4) is 0 Å². The number of carboxylic acid groups (broad SMARTS) is 1. The van der Waals surface area contributed by atoms with Crippen LogP contribution in [0.2, 0.25) is 0 Å². The second-order valence-electron chi connectivity index (χ2n) is 8.04. The van der Waals surface area contributed by atoms with Gasteiger partial charge in [-0.2, -0.15) is 0 Å². The Balaban J connectivity index is 1.45. The minimum atomic E-state index is -1.07. The van der Waals surface area contributed by atoms with Gasteiger partial charge in [0, 0.05) is 25.6 Å². The number of nitrogens with one attached hydrogen (secondary N) is 1. The first kappa shape index (κ1) is 23.0. The van der Waals surface area contributed by atoms with Crippen LogP contribution >= 0.6 is 0 Å². The Morgan fingerprint density at radius 1 is 1.00 bits per heavy atom. The number of nitrogens with zero attached hydrogens (tertiary/aromatic N) is 2. The quantitative estimate of drug-likeness (QED) is 0.530. The predicted octanol–water partition coefficient (Wildman–Crippen LogP) is 3.82. The molecule has 8 nitrogen and oxygen atoms in total. The molecule has 8 heteroatoms. The van der Waals surface area contributed by atoms with Gasteiger partial charge in [-0.05, 0) is 40.8 Å². The average Bonchev–Trinajstić information content (AvgIpc) is 3.18. The standard InChI is InChI=1S/C26H25N3O5/c1-29(23-12-6-7-15-27-23)25(32)22(13-14-24(30)31)28-26(33)34-16-21-19-10-4-2-8-17(19)18-9-3-5-11-20(18)21/h2-12,15,21-22H,13-14,16H2,1H3,(H,28,33)(H,30,31). The van der Waals surface area contributed by atoms with E-state index in [0.29, 0.717) is 5.82 Å². The molecule has 4 rings (SSSR count). The molecule has 0 saturated carbocycles. The van der Waals surface area contributed by atoms with Gasteiger partial charge in [0.15, 0.2) is 0 Å². The Hall–Kier alpha value is -4.20. The summed E-state index contributed by atoms with van der Waals surface area (Å²) in [6.45, 7) is 0.0930. The van der Waals surface area contributed by atoms with Gasteiger partial charge < -0.3 is 15.2 Å². The molecule has 2 amide bonds. The first-order valence-corrected chi connectivity index (χ1v) is 11.0. The number of anilines is 1. The summed E-state index contributed by atoms with van der Waals surface area (Å²) in [7, 11) is 1.53. The van der Waals surface area contributed by atoms with Gasteiger partial charge in [-0.15, -0.1) is 0 Å². The number of fused-ring (bicyclic) bond motifs is 3. The molecule has 1 aliphatic rings. The van der Waals surface area contributed by atoms with Crippen molar-refractivity contribution in [3.05, 3.63) is 84.1 Å². The first-order valence-electron chi connectivity index (χ1n) is 11.0. The van der Waals surface area contributed by atoms with E-state index in [1.807, 2.05) is 48.5 Å². The normalized spacial score (nSPS) is 12.9. The fraction of sp³-hybridized carbons (Fsp3) is 0.231. The van der Waals surface area contributed by atoms with Crippen LogP contribution in [-0.2, 0) is 14.3 Å². The van der Waals surface area contributed by atoms with Crippen LogP contribution < -0.4 is 10.2 Å². The summed E-state index contributed by atoms with van der Waals surface area (Å²) in [6, 6.07) is 20.0. The number of carbonyl (C=O) groups excluding carboxylic acids is 2. The maximum atomic E-state index is 13.0. The minimum Gasteiger partial charge on any atom is -0.481 e. The number of aliphatic carboxylic acids is 1. The van der Waals surface area contributed by atoms with E-state index in [-0.39, 0.29) is 25.4 Å². The topological polar surface area (TPSA) is 109 Å². The zero-order valence-corrected chi connectivity index (χ0v) is 18.7. The highest BCUT2D eigenvalue weighted by Crippen LogP contribution is 2.44. The number of amides is 2. The maximum absolute atomic E-state index is 13.0. The number of pyridine rings is 1. The number of aromatic nitrogens is 1. The Kier molecular flexibility index (Phi) is 6.87. The number of ether oxygens (including phenoxy) is 1. The summed E-state index contributed by atoms with van der Waals surface area (Å²) >= 11 is 0. The van der Waals surface area contributed by atoms with Crippen LogP contribution in [-0.4, -0.2) is 47.8 Å². The van der Waals surface area contributed by atoms with E-state index in [4.69, 9.17) is 9.84 Å². The third-order valence-corrected chi connectivity index (χ3v) is 5.90. The van der Waals surface area contributed by atoms with E-state index in [9.17, 15) is 14.4 Å². The third kappa shape index (κ3) is 4.91. The molecule has 2 N–H and O–H groups in total. The van der Waals surface area contributed by atoms with Crippen molar-refractivity contribution in [3.8, 4) is 11.1 Å². The largest absolute Gasteiger partial charge is 0.481 e. The highest BCUT2D eigenvalue weighted by atomic mass is 16.5. The molecular formula is C26H25N3O5. The lowest BCUT2D eigenvalue weighted by molar-refractivity contribution is -0.137. The molecule has 0 saturated heterocycles. The molecular weight excluding hydrogens is 434 g/mol. The lowest BCUT2D eigenvalue weighted by Gasteiger charge is -2.24. The van der Waals surface area contributed by atoms with Crippen molar-refractivity contribution in [2.45, 2.75) is 24.8 Å². The van der Waals surface area contributed by atoms with Gasteiger partial charge in [0.05, 0.1) is 0 Å². The van der Waals surface area contributed by atoms with Crippen LogP contribution in [0.15, 0.2) is 72.9 Å². The third-order valence-electron chi connectivity index (χ3n) is 5.90. The molecule has 0 aliphatic heterocycles. The zero-order valence-electron chi connectivity index (χ0n) is 18.7. The van der Waals surface area contributed by atoms with Crippen LogP contribution in [0, 0.1) is 0 Å². The fourth-order valence-electron chi connectivity index (χ4n) is 4.21. The summed E-state index contributed by atoms with van der Waals surface area (Å²) in [4.78, 5) is 42.2. The highest BCUT2D eigenvalue weighted by Gasteiger charge is 2.30. The van der Waals surface area contributed by atoms with E-state index >= 15 is 0 Å². The molecule has 1 aliphatic carbocycles. The Morgan fingerprint density at radius 3 is 2.21 bits per heavy atom. The van der Waals surface area contributed by atoms with Gasteiger partial charge in [-0.1, -0.05) is 54.6 Å². The molecule has 1 aromatic heterocycles. The number of carbonyl (C=O) groups is 3. The number of alkyl carbamates (subject to hydrolysis) is 1. The summed E-state index contributed by atoms with van der Waals surface area (Å²) < 4.78 is 5.53. The zero-order chi connectivity index (χ0) is 24.1. The number of hydrogen-bond acceptors (Lipinski definition) is 5. The number of carboxylic acids is 1. The summed E-state index contributed by atoms with van der Waals surface area (Å²) in [6.07, 6.45) is 0.413. The lowest BCUT2D eigenvalue weighted by atomic mass is 9.98. The number of benzene rings is 2. The first-order chi connectivity index (χ1) is 16.5. The Bertz CT molecular complexity index is 1150. The van der Waals surface area contributed by atoms with Gasteiger partial charge in [-0.25, -0.2) is 9.78 Å². The maximum Gasteiger partial charge on any atom is 0.407 e. The smallest absolute Gasteiger partial charge is 0.407 e. The van der Waals surface area contributed by atoms with Crippen molar-refractivity contribution in [2.24, 2.45) is 0 Å². The van der Waals surface area contributed by atoms with Crippen LogP contribution in [0.1, 0.15) is 29.9 Å². The van der Waals surface area contributed by atoms with Crippen LogP contribution in [0.25, 0.3) is 11.1 Å². The molecule has 2 aromatic carbocycles. The molecule has 3 aromatic rings. The van der Waals surface area contributed by atoms with Crippen molar-refractivity contribution < 1.29 is 24.2 Å². The Labute approximate surface area is 197 Å². The molecule has 0 bridgehead atoms. The monoisotopic (exact) mass is 459 g/mol. The van der Waals surface area contributed by atoms with E-state index in [1.54, 1.807) is 24.4 Å². The molecule has 34 heavy (non-hydrogen) atoms. The fourth-order valence-corrected chi connectivity index (χ4v) is 4.21. The summed E-state index contributed by atoms with van der Waals surface area (Å²) in [5, 5.41) is 11.6. The van der Waals surface area contributed by atoms with Crippen molar-refractivity contribution in [1.29, 1.82) is 0 Å². The van der Waals surface area contributed by atoms with E-state index in [0.717, 1.165) is 22.3 Å². The SMILES string of the molecule is CN(C(=O)C(CCC(=O)O)NC(=O)OCC1c2ccccc2-c2ccccc21)c1ccccn1. The molecule has 0 spiro atoms. The second-order valence-corrected chi connectivity index (χ2v) is 8.04. The molecule has 174 valence electrons. The van der Waals surface area contributed by atoms with E-state index in [1.165, 1.54) is 11.9 Å². The predicted molar refractivity (Wildman–Crippen MR) is 127 cm³/mol. The Morgan fingerprint density at radius 2 is 1.62 bits per heavy atom. The molecule has 0 fully saturated rings. The number of rotatable bonds is 8. The highest BCUT2D eigenvalue weighted by molar-refractivity contribution is 5.97. The summed E-state index contributed by atoms with van der Waals surface area (Å²) in [5.41, 5.74) is 4.37. The van der Waals surface area contributed by atoms with Crippen molar-refractivity contribution in [3.63, 3.8) is 0 Å². The number of hydrogen-bond donors (Lipinski definition) is 2. The molecule has 1 unspecified atom stereocenters. The van der Waals surface area contributed by atoms with Gasteiger partial charge in [0.1, 0.15) is 18.5 Å². The van der Waals surface area contributed by atoms with Gasteiger partial charge >= 0.3 is 12.1 Å². The van der Waals surface area contributed by atoms with Crippen molar-refractivity contribution in [2.75, 3.05) is 18.6 Å². The number of likely N-dealkylation sites (N-methyl/N-ethyl adjacent to an activating group) is 1. The lowest BCUT2D eigenvalue weighted by Crippen LogP contribution is -2.48. The molecule has 0 radical (unpaired) electrons. The van der Waals surface area contributed by atoms with Gasteiger partial charge in [0.2, 0.25) is 0 Å². The van der Waals surface area contributed by atoms with E-state index < -0.39 is 24.0 Å². The van der Waals surface area contributed by atoms with Crippen LogP contribution in [0.5, 0.6) is 0 Å².